The van der Waals surface area contributed by atoms with Gasteiger partial charge < -0.3 is 0 Å². The van der Waals surface area contributed by atoms with Gasteiger partial charge in [-0.3, -0.25) is 0 Å². The monoisotopic (exact) mass is 255 g/mol. The maximum absolute atomic E-state index is 12.4. The lowest BCUT2D eigenvalue weighted by Gasteiger charge is -2.40. The summed E-state index contributed by atoms with van der Waals surface area (Å²) in [4.78, 5) is 0.616. The molecule has 1 aromatic rings. The average Bonchev–Trinajstić information content (AvgIpc) is 1.78. The molecule has 0 N–H and O–H groups in total. The Morgan fingerprint density at radius 1 is 1.07 bits per heavy atom. The molecule has 0 aliphatic rings. The first-order valence-corrected chi connectivity index (χ1v) is 5.58. The zero-order valence-corrected chi connectivity index (χ0v) is 8.33. The highest BCUT2D eigenvalue weighted by atomic mass is 32.5. The Kier molecular flexibility index (Phi) is 1.95. The largest absolute Gasteiger partial charge is 0.310 e. The molecular weight excluding hydrogens is 251 g/mol. The second-order valence-corrected chi connectivity index (χ2v) is 5.52. The highest BCUT2D eigenvalue weighted by Gasteiger charge is 2.65. The highest BCUT2D eigenvalue weighted by molar-refractivity contribution is 8.45. The number of pyridine rings is 1. The van der Waals surface area contributed by atoms with Crippen LogP contribution < -0.4 is 5.44 Å². The van der Waals surface area contributed by atoms with E-state index in [0.29, 0.717) is 0 Å². The molecule has 9 heteroatoms. The van der Waals surface area contributed by atoms with E-state index in [9.17, 15) is 23.8 Å². The quantitative estimate of drug-likeness (QED) is 0.426. The minimum Gasteiger partial charge on any atom is -0.220 e. The van der Waals surface area contributed by atoms with Gasteiger partial charge in [-0.25, -0.2) is 4.98 Å². The van der Waals surface area contributed by atoms with Crippen molar-refractivity contribution in [2.75, 3.05) is 0 Å². The van der Waals surface area contributed by atoms with Crippen LogP contribution in [0.4, 0.5) is 23.8 Å². The zero-order valence-electron chi connectivity index (χ0n) is 6.36. The van der Waals surface area contributed by atoms with E-state index in [2.05, 4.69) is 4.98 Å². The van der Waals surface area contributed by atoms with Crippen molar-refractivity contribution in [2.45, 2.75) is 4.90 Å². The van der Waals surface area contributed by atoms with Crippen molar-refractivity contribution >= 4 is 24.9 Å². The predicted octanol–water partition coefficient (Wildman–Crippen LogP) is 3.38. The standard InChI is InChI=1S/C5H4F6NPS/c6-4-1-3(2-5(13)12-4)14(7,8,9,10)11/h1-2H,13H2. The third-order valence-corrected chi connectivity index (χ3v) is 2.66. The first kappa shape index (κ1) is 11.6. The van der Waals surface area contributed by atoms with E-state index in [1.54, 1.807) is 9.24 Å². The Labute approximate surface area is 77.4 Å². The normalized spacial score (nSPS) is 17.4. The molecule has 0 aliphatic heterocycles. The van der Waals surface area contributed by atoms with E-state index < -0.39 is 26.5 Å². The molecule has 1 atom stereocenters. The minimum absolute atomic E-state index is 0.0787. The summed E-state index contributed by atoms with van der Waals surface area (Å²) in [5.74, 6) is -1.60. The number of hydrogen-bond acceptors (Lipinski definition) is 1. The topological polar surface area (TPSA) is 12.9 Å². The van der Waals surface area contributed by atoms with Crippen LogP contribution in [-0.4, -0.2) is 4.98 Å². The van der Waals surface area contributed by atoms with E-state index in [1.807, 2.05) is 0 Å². The maximum Gasteiger partial charge on any atom is 0.310 e. The van der Waals surface area contributed by atoms with Crippen molar-refractivity contribution in [2.24, 2.45) is 0 Å². The van der Waals surface area contributed by atoms with Crippen molar-refractivity contribution in [1.29, 1.82) is 0 Å². The number of hydrogen-bond donors (Lipinski definition) is 0. The number of rotatable bonds is 1. The Morgan fingerprint density at radius 3 is 1.93 bits per heavy atom. The van der Waals surface area contributed by atoms with Crippen molar-refractivity contribution in [3.63, 3.8) is 0 Å². The average molecular weight is 255 g/mol. The molecule has 0 radical (unpaired) electrons. The van der Waals surface area contributed by atoms with Crippen molar-refractivity contribution in [3.8, 4) is 0 Å². The van der Waals surface area contributed by atoms with Crippen LogP contribution in [0.3, 0.4) is 0 Å². The molecule has 14 heavy (non-hydrogen) atoms. The first-order chi connectivity index (χ1) is 5.88. The number of nitrogens with zero attached hydrogens (tertiary/aromatic N) is 1. The Hall–Kier alpha value is -0.490. The molecule has 0 amide bonds. The van der Waals surface area contributed by atoms with Gasteiger partial charge in [0.2, 0.25) is 5.95 Å². The lowest BCUT2D eigenvalue weighted by Crippen LogP contribution is -2.11. The van der Waals surface area contributed by atoms with Crippen LogP contribution >= 0.6 is 19.5 Å². The van der Waals surface area contributed by atoms with Crippen molar-refractivity contribution < 1.29 is 23.8 Å². The van der Waals surface area contributed by atoms with Gasteiger partial charge in [0, 0.05) is 6.07 Å². The molecule has 0 saturated heterocycles. The third kappa shape index (κ3) is 2.75. The second kappa shape index (κ2) is 2.36. The second-order valence-electron chi connectivity index (χ2n) is 2.52. The van der Waals surface area contributed by atoms with Gasteiger partial charge in [-0.1, -0.05) is 28.7 Å². The Bertz CT molecular complexity index is 366. The van der Waals surface area contributed by atoms with Gasteiger partial charge in [0.25, 0.3) is 0 Å². The zero-order chi connectivity index (χ0) is 11.3. The van der Waals surface area contributed by atoms with E-state index in [0.717, 1.165) is 0 Å². The van der Waals surface area contributed by atoms with Crippen molar-refractivity contribution in [3.05, 3.63) is 18.1 Å². The SMILES string of the molecule is Fc1cc(S(F)(F)(F)(F)F)cc(P)n1. The molecule has 0 aliphatic carbocycles. The van der Waals surface area contributed by atoms with Gasteiger partial charge in [0.05, 0.1) is 5.44 Å². The molecule has 1 rings (SSSR count). The van der Waals surface area contributed by atoms with E-state index in [4.69, 9.17) is 0 Å². The fourth-order valence-electron chi connectivity index (χ4n) is 0.715. The Morgan fingerprint density at radius 2 is 1.57 bits per heavy atom. The number of halogens is 6. The molecule has 82 valence electrons. The van der Waals surface area contributed by atoms with E-state index >= 15 is 0 Å². The lowest BCUT2D eigenvalue weighted by atomic mass is 10.5. The summed E-state index contributed by atoms with van der Waals surface area (Å²) in [6.45, 7) is 0. The maximum atomic E-state index is 12.4. The molecule has 0 aromatic carbocycles. The van der Waals surface area contributed by atoms with Crippen LogP contribution in [-0.2, 0) is 0 Å². The minimum atomic E-state index is -9.79. The molecule has 1 heterocycles. The molecule has 0 fully saturated rings. The first-order valence-electron chi connectivity index (χ1n) is 3.06. The summed E-state index contributed by atoms with van der Waals surface area (Å²) in [7, 11) is -8.17. The van der Waals surface area contributed by atoms with E-state index in [1.165, 1.54) is 0 Å². The fraction of sp³-hybridized carbons (Fsp3) is 0. The van der Waals surface area contributed by atoms with Gasteiger partial charge in [0.15, 0.2) is 0 Å². The summed E-state index contributed by atoms with van der Waals surface area (Å²) in [6.07, 6.45) is 0. The van der Waals surface area contributed by atoms with Gasteiger partial charge in [-0.2, -0.15) is 4.39 Å². The van der Waals surface area contributed by atoms with Crippen LogP contribution in [0.2, 0.25) is 0 Å². The lowest BCUT2D eigenvalue weighted by molar-refractivity contribution is 0.362. The molecule has 0 bridgehead atoms. The predicted molar refractivity (Wildman–Crippen MR) is 44.9 cm³/mol. The summed E-state index contributed by atoms with van der Waals surface area (Å²) >= 11 is 0. The molecule has 0 saturated carbocycles. The van der Waals surface area contributed by atoms with Gasteiger partial charge >= 0.3 is 10.2 Å². The number of aromatic nitrogens is 1. The molecular formula is C5H4F6NPS. The molecule has 1 aromatic heterocycles. The van der Waals surface area contributed by atoms with Crippen LogP contribution in [0.1, 0.15) is 0 Å². The summed E-state index contributed by atoms with van der Waals surface area (Å²) in [5.41, 5.74) is -0.534. The summed E-state index contributed by atoms with van der Waals surface area (Å²) < 4.78 is 72.9. The molecule has 1 unspecified atom stereocenters. The van der Waals surface area contributed by atoms with Gasteiger partial charge in [0.1, 0.15) is 4.90 Å². The smallest absolute Gasteiger partial charge is 0.220 e. The molecule has 1 nitrogen and oxygen atoms in total. The summed E-state index contributed by atoms with van der Waals surface area (Å²) in [5, 5.41) is 0. The highest BCUT2D eigenvalue weighted by Crippen LogP contribution is 3.02. The van der Waals surface area contributed by atoms with Crippen molar-refractivity contribution in [1.82, 2.24) is 4.98 Å². The fourth-order valence-corrected chi connectivity index (χ4v) is 1.80. The van der Waals surface area contributed by atoms with Crippen LogP contribution in [0.5, 0.6) is 0 Å². The van der Waals surface area contributed by atoms with E-state index in [-0.39, 0.29) is 12.1 Å². The summed E-state index contributed by atoms with van der Waals surface area (Å²) in [6, 6.07) is -0.246. The third-order valence-electron chi connectivity index (χ3n) is 1.23. The molecule has 0 spiro atoms. The Balaban J connectivity index is 3.50. The van der Waals surface area contributed by atoms with Crippen LogP contribution in [0.25, 0.3) is 0 Å². The van der Waals surface area contributed by atoms with Gasteiger partial charge in [-0.15, -0.1) is 0 Å². The van der Waals surface area contributed by atoms with Crippen LogP contribution in [0.15, 0.2) is 17.0 Å². The van der Waals surface area contributed by atoms with Crippen LogP contribution in [0, 0.1) is 5.95 Å². The van der Waals surface area contributed by atoms with Gasteiger partial charge in [-0.05, 0) is 6.07 Å².